The van der Waals surface area contributed by atoms with Gasteiger partial charge in [-0.1, -0.05) is 24.3 Å². The molecule has 4 heteroatoms. The molecule has 0 N–H and O–H groups in total. The molecule has 1 aliphatic carbocycles. The molecule has 0 unspecified atom stereocenters. The van der Waals surface area contributed by atoms with Crippen LogP contribution in [0.25, 0.3) is 0 Å². The monoisotopic (exact) mass is 300 g/mol. The van der Waals surface area contributed by atoms with Crippen LogP contribution in [0.1, 0.15) is 30.4 Å². The van der Waals surface area contributed by atoms with Gasteiger partial charge in [-0.3, -0.25) is 9.69 Å². The van der Waals surface area contributed by atoms with Crippen molar-refractivity contribution in [3.05, 3.63) is 35.4 Å². The van der Waals surface area contributed by atoms with E-state index in [0.29, 0.717) is 6.61 Å². The van der Waals surface area contributed by atoms with Crippen molar-refractivity contribution in [2.24, 2.45) is 5.92 Å². The lowest BCUT2D eigenvalue weighted by Crippen LogP contribution is -2.43. The highest BCUT2D eigenvalue weighted by molar-refractivity contribution is 5.81. The number of nitrogens with zero attached hydrogens (tertiary/aromatic N) is 2. The van der Waals surface area contributed by atoms with Gasteiger partial charge in [0.15, 0.2) is 0 Å². The van der Waals surface area contributed by atoms with Gasteiger partial charge in [-0.25, -0.2) is 0 Å². The van der Waals surface area contributed by atoms with Gasteiger partial charge in [0.05, 0.1) is 12.1 Å². The molecule has 2 heterocycles. The number of amides is 1. The van der Waals surface area contributed by atoms with Crippen LogP contribution in [-0.4, -0.2) is 49.1 Å². The van der Waals surface area contributed by atoms with Gasteiger partial charge in [-0.05, 0) is 29.9 Å². The maximum atomic E-state index is 12.3. The van der Waals surface area contributed by atoms with Crippen LogP contribution < -0.4 is 0 Å². The number of benzene rings is 1. The Bertz CT molecular complexity index is 597. The molecule has 1 aromatic rings. The summed E-state index contributed by atoms with van der Waals surface area (Å²) in [6.45, 7) is 2.78. The minimum atomic E-state index is -0.303. The molecule has 0 aromatic heterocycles. The summed E-state index contributed by atoms with van der Waals surface area (Å²) in [7, 11) is 3.61. The molecule has 1 saturated carbocycles. The average Bonchev–Trinajstić information content (AvgIpc) is 3.14. The number of hydrogen-bond donors (Lipinski definition) is 0. The van der Waals surface area contributed by atoms with Crippen molar-refractivity contribution in [3.8, 4) is 0 Å². The van der Waals surface area contributed by atoms with Gasteiger partial charge in [0.25, 0.3) is 5.91 Å². The molecule has 2 aliphatic heterocycles. The topological polar surface area (TPSA) is 32.8 Å². The smallest absolute Gasteiger partial charge is 0.251 e. The highest BCUT2D eigenvalue weighted by Gasteiger charge is 2.53. The molecule has 0 radical (unpaired) electrons. The zero-order chi connectivity index (χ0) is 15.3. The Kier molecular flexibility index (Phi) is 3.27. The molecule has 4 rings (SSSR count). The first-order valence-electron chi connectivity index (χ1n) is 8.26. The van der Waals surface area contributed by atoms with Crippen LogP contribution in [0.2, 0.25) is 0 Å². The fraction of sp³-hybridized carbons (Fsp3) is 0.611. The molecule has 2 fully saturated rings. The molecule has 22 heavy (non-hydrogen) atoms. The van der Waals surface area contributed by atoms with E-state index in [9.17, 15) is 4.79 Å². The number of likely N-dealkylation sites (N-methyl/N-ethyl adjacent to an activating group) is 1. The van der Waals surface area contributed by atoms with Gasteiger partial charge in [-0.2, -0.15) is 0 Å². The standard InChI is InChI=1S/C18H24N2O2/c1-19(2)17(21)16-9-18(12-22-16)15-6-4-3-5-14(15)11-20(18)10-13-7-8-13/h3-6,13,16H,7-12H2,1-2H3/t16-,18+/m1/s1. The van der Waals surface area contributed by atoms with E-state index in [2.05, 4.69) is 29.2 Å². The van der Waals surface area contributed by atoms with E-state index in [-0.39, 0.29) is 17.6 Å². The highest BCUT2D eigenvalue weighted by atomic mass is 16.5. The third-order valence-corrected chi connectivity index (χ3v) is 5.42. The molecule has 1 spiro atoms. The second-order valence-corrected chi connectivity index (χ2v) is 7.25. The number of carbonyl (C=O) groups excluding carboxylic acids is 1. The Morgan fingerprint density at radius 2 is 2.14 bits per heavy atom. The van der Waals surface area contributed by atoms with Crippen LogP contribution in [0.15, 0.2) is 24.3 Å². The zero-order valence-corrected chi connectivity index (χ0v) is 13.4. The first-order valence-corrected chi connectivity index (χ1v) is 8.26. The lowest BCUT2D eigenvalue weighted by Gasteiger charge is -2.35. The van der Waals surface area contributed by atoms with Crippen molar-refractivity contribution < 1.29 is 9.53 Å². The summed E-state index contributed by atoms with van der Waals surface area (Å²) in [4.78, 5) is 16.6. The maximum Gasteiger partial charge on any atom is 0.251 e. The van der Waals surface area contributed by atoms with E-state index in [1.807, 2.05) is 0 Å². The van der Waals surface area contributed by atoms with Crippen LogP contribution in [0, 0.1) is 5.92 Å². The lowest BCUT2D eigenvalue weighted by atomic mass is 9.86. The Hall–Kier alpha value is -1.39. The predicted molar refractivity (Wildman–Crippen MR) is 84.3 cm³/mol. The summed E-state index contributed by atoms with van der Waals surface area (Å²) in [5.74, 6) is 0.933. The summed E-state index contributed by atoms with van der Waals surface area (Å²) < 4.78 is 5.97. The molecule has 1 aromatic carbocycles. The van der Waals surface area contributed by atoms with Crippen molar-refractivity contribution >= 4 is 5.91 Å². The Balaban J connectivity index is 1.65. The summed E-state index contributed by atoms with van der Waals surface area (Å²) in [5, 5.41) is 0. The van der Waals surface area contributed by atoms with Gasteiger partial charge in [0.2, 0.25) is 0 Å². The van der Waals surface area contributed by atoms with E-state index >= 15 is 0 Å². The largest absolute Gasteiger partial charge is 0.366 e. The lowest BCUT2D eigenvalue weighted by molar-refractivity contribution is -0.138. The van der Waals surface area contributed by atoms with Crippen molar-refractivity contribution in [1.82, 2.24) is 9.80 Å². The van der Waals surface area contributed by atoms with Crippen LogP contribution in [0.4, 0.5) is 0 Å². The summed E-state index contributed by atoms with van der Waals surface area (Å²) in [5.41, 5.74) is 2.70. The van der Waals surface area contributed by atoms with Gasteiger partial charge >= 0.3 is 0 Å². The first-order chi connectivity index (χ1) is 10.6. The fourth-order valence-electron chi connectivity index (χ4n) is 4.01. The van der Waals surface area contributed by atoms with Gasteiger partial charge in [0.1, 0.15) is 6.10 Å². The van der Waals surface area contributed by atoms with E-state index in [4.69, 9.17) is 4.74 Å². The molecule has 3 aliphatic rings. The summed E-state index contributed by atoms with van der Waals surface area (Å²) in [6, 6.07) is 8.69. The number of fused-ring (bicyclic) bond motifs is 2. The summed E-state index contributed by atoms with van der Waals surface area (Å²) in [6.07, 6.45) is 3.18. The average molecular weight is 300 g/mol. The van der Waals surface area contributed by atoms with Crippen molar-refractivity contribution in [2.45, 2.75) is 37.5 Å². The third kappa shape index (κ3) is 2.17. The van der Waals surface area contributed by atoms with Gasteiger partial charge < -0.3 is 9.64 Å². The molecular formula is C18H24N2O2. The van der Waals surface area contributed by atoms with Crippen LogP contribution in [-0.2, 0) is 21.6 Å². The van der Waals surface area contributed by atoms with Crippen molar-refractivity contribution in [1.29, 1.82) is 0 Å². The van der Waals surface area contributed by atoms with Crippen LogP contribution in [0.5, 0.6) is 0 Å². The minimum Gasteiger partial charge on any atom is -0.366 e. The maximum absolute atomic E-state index is 12.3. The second kappa shape index (κ2) is 5.07. The van der Waals surface area contributed by atoms with E-state index in [1.165, 1.54) is 24.0 Å². The molecule has 1 amide bonds. The number of carbonyl (C=O) groups is 1. The quantitative estimate of drug-likeness (QED) is 0.856. The molecule has 118 valence electrons. The summed E-state index contributed by atoms with van der Waals surface area (Å²) >= 11 is 0. The van der Waals surface area contributed by atoms with Gasteiger partial charge in [0, 0.05) is 33.6 Å². The Morgan fingerprint density at radius 3 is 2.86 bits per heavy atom. The van der Waals surface area contributed by atoms with E-state index < -0.39 is 0 Å². The van der Waals surface area contributed by atoms with Crippen LogP contribution in [0.3, 0.4) is 0 Å². The molecule has 2 atom stereocenters. The zero-order valence-electron chi connectivity index (χ0n) is 13.4. The Morgan fingerprint density at radius 1 is 1.36 bits per heavy atom. The normalized spacial score (nSPS) is 30.7. The second-order valence-electron chi connectivity index (χ2n) is 7.25. The van der Waals surface area contributed by atoms with Crippen molar-refractivity contribution in [2.75, 3.05) is 27.2 Å². The number of ether oxygens (including phenoxy) is 1. The predicted octanol–water partition coefficient (Wildman–Crippen LogP) is 1.98. The minimum absolute atomic E-state index is 0.0878. The van der Waals surface area contributed by atoms with Crippen molar-refractivity contribution in [3.63, 3.8) is 0 Å². The van der Waals surface area contributed by atoms with Gasteiger partial charge in [-0.15, -0.1) is 0 Å². The fourth-order valence-corrected chi connectivity index (χ4v) is 4.01. The van der Waals surface area contributed by atoms with Crippen LogP contribution >= 0.6 is 0 Å². The molecule has 0 bridgehead atoms. The van der Waals surface area contributed by atoms with E-state index in [0.717, 1.165) is 25.4 Å². The highest BCUT2D eigenvalue weighted by Crippen LogP contribution is 2.48. The molecule has 4 nitrogen and oxygen atoms in total. The number of hydrogen-bond acceptors (Lipinski definition) is 3. The third-order valence-electron chi connectivity index (χ3n) is 5.42. The number of rotatable bonds is 3. The molecule has 1 saturated heterocycles. The SMILES string of the molecule is CN(C)C(=O)[C@H]1C[C@]2(CO1)c1ccccc1CN2CC1CC1. The molecular weight excluding hydrogens is 276 g/mol. The Labute approximate surface area is 132 Å². The first kappa shape index (κ1) is 14.2. The van der Waals surface area contributed by atoms with E-state index in [1.54, 1.807) is 19.0 Å².